The van der Waals surface area contributed by atoms with Gasteiger partial charge in [-0.1, -0.05) is 0 Å². The van der Waals surface area contributed by atoms with Crippen LogP contribution in [0.25, 0.3) is 0 Å². The molecule has 3 atom stereocenters. The minimum atomic E-state index is -0.137. The monoisotopic (exact) mass is 410 g/mol. The van der Waals surface area contributed by atoms with E-state index in [9.17, 15) is 4.79 Å². The lowest BCUT2D eigenvalue weighted by Crippen LogP contribution is -2.45. The SMILES string of the molecule is CC1CN(c2ccc(NC(=O)c3ccc(OCC4CCCO4)cc3)cc2)CC(C)O1. The Morgan fingerprint density at radius 1 is 1.07 bits per heavy atom. The molecule has 30 heavy (non-hydrogen) atoms. The number of morpholine rings is 1. The molecule has 6 nitrogen and oxygen atoms in total. The van der Waals surface area contributed by atoms with Crippen molar-refractivity contribution in [1.82, 2.24) is 0 Å². The molecular weight excluding hydrogens is 380 g/mol. The zero-order valence-corrected chi connectivity index (χ0v) is 17.7. The maximum atomic E-state index is 12.6. The van der Waals surface area contributed by atoms with Gasteiger partial charge in [0, 0.05) is 36.6 Å². The highest BCUT2D eigenvalue weighted by atomic mass is 16.5. The number of amides is 1. The van der Waals surface area contributed by atoms with Gasteiger partial charge in [0.2, 0.25) is 0 Å². The molecule has 2 aromatic rings. The first kappa shape index (κ1) is 20.7. The quantitative estimate of drug-likeness (QED) is 0.777. The summed E-state index contributed by atoms with van der Waals surface area (Å²) in [5.41, 5.74) is 2.51. The number of carbonyl (C=O) groups excluding carboxylic acids is 1. The van der Waals surface area contributed by atoms with E-state index >= 15 is 0 Å². The molecule has 0 radical (unpaired) electrons. The van der Waals surface area contributed by atoms with Gasteiger partial charge >= 0.3 is 0 Å². The van der Waals surface area contributed by atoms with Crippen molar-refractivity contribution in [2.24, 2.45) is 0 Å². The molecule has 1 N–H and O–H groups in total. The highest BCUT2D eigenvalue weighted by Gasteiger charge is 2.22. The van der Waals surface area contributed by atoms with Gasteiger partial charge in [0.1, 0.15) is 12.4 Å². The Labute approximate surface area is 178 Å². The number of hydrogen-bond acceptors (Lipinski definition) is 5. The zero-order valence-electron chi connectivity index (χ0n) is 17.7. The number of nitrogens with one attached hydrogen (secondary N) is 1. The molecule has 3 unspecified atom stereocenters. The van der Waals surface area contributed by atoms with E-state index in [2.05, 4.69) is 24.1 Å². The van der Waals surface area contributed by atoms with E-state index in [1.165, 1.54) is 0 Å². The van der Waals surface area contributed by atoms with Crippen molar-refractivity contribution >= 4 is 17.3 Å². The molecular formula is C24H30N2O4. The molecule has 160 valence electrons. The van der Waals surface area contributed by atoms with Crippen molar-refractivity contribution in [2.45, 2.75) is 45.0 Å². The second-order valence-electron chi connectivity index (χ2n) is 8.13. The number of ether oxygens (including phenoxy) is 3. The molecule has 1 amide bonds. The van der Waals surface area contributed by atoms with Crippen molar-refractivity contribution in [3.8, 4) is 5.75 Å². The number of nitrogens with zero attached hydrogens (tertiary/aromatic N) is 1. The van der Waals surface area contributed by atoms with Crippen molar-refractivity contribution in [1.29, 1.82) is 0 Å². The zero-order chi connectivity index (χ0) is 20.9. The molecule has 4 rings (SSSR count). The third-order valence-electron chi connectivity index (χ3n) is 5.49. The van der Waals surface area contributed by atoms with Crippen LogP contribution in [0.2, 0.25) is 0 Å². The first-order valence-electron chi connectivity index (χ1n) is 10.7. The summed E-state index contributed by atoms with van der Waals surface area (Å²) < 4.78 is 17.1. The van der Waals surface area contributed by atoms with Gasteiger partial charge in [-0.05, 0) is 75.2 Å². The van der Waals surface area contributed by atoms with Gasteiger partial charge in [-0.25, -0.2) is 0 Å². The van der Waals surface area contributed by atoms with Gasteiger partial charge in [-0.3, -0.25) is 4.79 Å². The summed E-state index contributed by atoms with van der Waals surface area (Å²) in [6.45, 7) is 7.30. The Kier molecular flexibility index (Phi) is 6.55. The van der Waals surface area contributed by atoms with E-state index in [1.54, 1.807) is 12.1 Å². The Bertz CT molecular complexity index is 821. The van der Waals surface area contributed by atoms with Crippen LogP contribution in [0.15, 0.2) is 48.5 Å². The number of benzene rings is 2. The molecule has 0 aliphatic carbocycles. The van der Waals surface area contributed by atoms with Gasteiger partial charge in [0.15, 0.2) is 0 Å². The molecule has 2 aliphatic heterocycles. The maximum absolute atomic E-state index is 12.6. The van der Waals surface area contributed by atoms with Crippen LogP contribution in [0.3, 0.4) is 0 Å². The number of carbonyl (C=O) groups is 1. The summed E-state index contributed by atoms with van der Waals surface area (Å²) >= 11 is 0. The molecule has 2 aromatic carbocycles. The highest BCUT2D eigenvalue weighted by molar-refractivity contribution is 6.04. The molecule has 0 spiro atoms. The Morgan fingerprint density at radius 2 is 1.77 bits per heavy atom. The smallest absolute Gasteiger partial charge is 0.255 e. The van der Waals surface area contributed by atoms with E-state index in [-0.39, 0.29) is 24.2 Å². The Hall–Kier alpha value is -2.57. The van der Waals surface area contributed by atoms with Gasteiger partial charge in [-0.2, -0.15) is 0 Å². The molecule has 2 heterocycles. The van der Waals surface area contributed by atoms with Crippen LogP contribution in [0.1, 0.15) is 37.0 Å². The first-order chi connectivity index (χ1) is 14.6. The Balaban J connectivity index is 1.31. The van der Waals surface area contributed by atoms with E-state index in [0.29, 0.717) is 12.2 Å². The van der Waals surface area contributed by atoms with Crippen LogP contribution in [-0.2, 0) is 9.47 Å². The first-order valence-corrected chi connectivity index (χ1v) is 10.7. The molecule has 2 saturated heterocycles. The van der Waals surface area contributed by atoms with Crippen molar-refractivity contribution in [3.63, 3.8) is 0 Å². The second kappa shape index (κ2) is 9.49. The summed E-state index contributed by atoms with van der Waals surface area (Å²) in [6, 6.07) is 15.2. The fourth-order valence-electron chi connectivity index (χ4n) is 4.02. The van der Waals surface area contributed by atoms with Crippen LogP contribution in [0.4, 0.5) is 11.4 Å². The maximum Gasteiger partial charge on any atom is 0.255 e. The van der Waals surface area contributed by atoms with Crippen molar-refractivity contribution in [2.75, 3.05) is 36.5 Å². The van der Waals surface area contributed by atoms with Gasteiger partial charge in [-0.15, -0.1) is 0 Å². The van der Waals surface area contributed by atoms with Crippen LogP contribution in [-0.4, -0.2) is 50.5 Å². The van der Waals surface area contributed by atoms with E-state index in [0.717, 1.165) is 49.7 Å². The topological polar surface area (TPSA) is 60.0 Å². The lowest BCUT2D eigenvalue weighted by atomic mass is 10.1. The molecule has 2 fully saturated rings. The molecule has 0 aromatic heterocycles. The van der Waals surface area contributed by atoms with Crippen LogP contribution in [0, 0.1) is 0 Å². The molecule has 2 aliphatic rings. The van der Waals surface area contributed by atoms with Gasteiger partial charge in [0.05, 0.1) is 18.3 Å². The fraction of sp³-hybridized carbons (Fsp3) is 0.458. The summed E-state index contributed by atoms with van der Waals surface area (Å²) in [5.74, 6) is 0.613. The van der Waals surface area contributed by atoms with Gasteiger partial charge in [0.25, 0.3) is 5.91 Å². The Morgan fingerprint density at radius 3 is 2.40 bits per heavy atom. The summed E-state index contributed by atoms with van der Waals surface area (Å²) in [4.78, 5) is 14.9. The van der Waals surface area contributed by atoms with Crippen LogP contribution < -0.4 is 15.0 Å². The average Bonchev–Trinajstić information content (AvgIpc) is 3.26. The van der Waals surface area contributed by atoms with E-state index < -0.39 is 0 Å². The lowest BCUT2D eigenvalue weighted by Gasteiger charge is -2.36. The minimum Gasteiger partial charge on any atom is -0.491 e. The summed E-state index contributed by atoms with van der Waals surface area (Å²) in [6.07, 6.45) is 2.75. The predicted molar refractivity (Wildman–Crippen MR) is 118 cm³/mol. The lowest BCUT2D eigenvalue weighted by molar-refractivity contribution is -0.00521. The molecule has 0 bridgehead atoms. The molecule has 0 saturated carbocycles. The fourth-order valence-corrected chi connectivity index (χ4v) is 4.02. The highest BCUT2D eigenvalue weighted by Crippen LogP contribution is 2.23. The second-order valence-corrected chi connectivity index (χ2v) is 8.13. The summed E-state index contributed by atoms with van der Waals surface area (Å²) in [5, 5.41) is 2.96. The standard InChI is InChI=1S/C24H30N2O4/c1-17-14-26(15-18(2)30-17)21-9-7-20(8-10-21)25-24(27)19-5-11-22(12-6-19)29-16-23-4-3-13-28-23/h5-12,17-18,23H,3-4,13-16H2,1-2H3,(H,25,27). The minimum absolute atomic E-state index is 0.137. The third-order valence-corrected chi connectivity index (χ3v) is 5.49. The number of rotatable bonds is 6. The predicted octanol–water partition coefficient (Wildman–Crippen LogP) is 4.11. The van der Waals surface area contributed by atoms with Crippen LogP contribution >= 0.6 is 0 Å². The van der Waals surface area contributed by atoms with Crippen molar-refractivity contribution < 1.29 is 19.0 Å². The largest absolute Gasteiger partial charge is 0.491 e. The van der Waals surface area contributed by atoms with E-state index in [4.69, 9.17) is 14.2 Å². The van der Waals surface area contributed by atoms with Crippen molar-refractivity contribution in [3.05, 3.63) is 54.1 Å². The normalized spacial score (nSPS) is 23.9. The average molecular weight is 411 g/mol. The number of anilines is 2. The summed E-state index contributed by atoms with van der Waals surface area (Å²) in [7, 11) is 0. The van der Waals surface area contributed by atoms with Crippen LogP contribution in [0.5, 0.6) is 5.75 Å². The number of hydrogen-bond donors (Lipinski definition) is 1. The van der Waals surface area contributed by atoms with Gasteiger partial charge < -0.3 is 24.4 Å². The van der Waals surface area contributed by atoms with E-state index in [1.807, 2.05) is 36.4 Å². The molecule has 6 heteroatoms. The third kappa shape index (κ3) is 5.32.